The lowest BCUT2D eigenvalue weighted by atomic mass is 9.79. The Morgan fingerprint density at radius 3 is 2.29 bits per heavy atom. The molecular weight excluding hydrogens is 172 g/mol. The summed E-state index contributed by atoms with van der Waals surface area (Å²) in [6.07, 6.45) is 1.59. The van der Waals surface area contributed by atoms with Crippen molar-refractivity contribution in [3.05, 3.63) is 35.9 Å². The SMILES string of the molecule is CCCC(=O)C(C)(C)c1ccccc1. The third-order valence-corrected chi connectivity index (χ3v) is 2.67. The second-order valence-electron chi connectivity index (χ2n) is 4.16. The predicted octanol–water partition coefficient (Wildman–Crippen LogP) is 3.33. The van der Waals surface area contributed by atoms with E-state index in [1.807, 2.05) is 51.1 Å². The minimum atomic E-state index is -0.336. The van der Waals surface area contributed by atoms with E-state index in [2.05, 4.69) is 0 Å². The molecule has 1 rings (SSSR count). The number of carbonyl (C=O) groups excluding carboxylic acids is 1. The van der Waals surface area contributed by atoms with E-state index in [1.54, 1.807) is 0 Å². The zero-order valence-electron chi connectivity index (χ0n) is 9.21. The molecular formula is C13H18O. The van der Waals surface area contributed by atoms with E-state index in [4.69, 9.17) is 0 Å². The maximum Gasteiger partial charge on any atom is 0.142 e. The molecule has 0 unspecified atom stereocenters. The van der Waals surface area contributed by atoms with Crippen LogP contribution in [0.1, 0.15) is 39.2 Å². The molecule has 0 aliphatic heterocycles. The molecule has 0 fully saturated rings. The van der Waals surface area contributed by atoms with Gasteiger partial charge < -0.3 is 0 Å². The van der Waals surface area contributed by atoms with Crippen molar-refractivity contribution >= 4 is 5.78 Å². The van der Waals surface area contributed by atoms with Crippen LogP contribution in [0.15, 0.2) is 30.3 Å². The molecule has 0 N–H and O–H groups in total. The van der Waals surface area contributed by atoms with Gasteiger partial charge >= 0.3 is 0 Å². The Labute approximate surface area is 86.1 Å². The Morgan fingerprint density at radius 2 is 1.79 bits per heavy atom. The lowest BCUT2D eigenvalue weighted by molar-refractivity contribution is -0.123. The normalized spacial score (nSPS) is 11.4. The van der Waals surface area contributed by atoms with E-state index in [9.17, 15) is 4.79 Å². The molecule has 0 radical (unpaired) electrons. The summed E-state index contributed by atoms with van der Waals surface area (Å²) in [4.78, 5) is 11.9. The van der Waals surface area contributed by atoms with E-state index in [0.29, 0.717) is 12.2 Å². The lowest BCUT2D eigenvalue weighted by Crippen LogP contribution is -2.28. The molecule has 0 heterocycles. The van der Waals surface area contributed by atoms with Crippen LogP contribution >= 0.6 is 0 Å². The van der Waals surface area contributed by atoms with Crippen molar-refractivity contribution in [1.82, 2.24) is 0 Å². The molecule has 0 saturated carbocycles. The summed E-state index contributed by atoms with van der Waals surface area (Å²) in [7, 11) is 0. The van der Waals surface area contributed by atoms with Gasteiger partial charge in [0.05, 0.1) is 0 Å². The van der Waals surface area contributed by atoms with Gasteiger partial charge in [-0.2, -0.15) is 0 Å². The standard InChI is InChI=1S/C13H18O/c1-4-8-12(14)13(2,3)11-9-6-5-7-10-11/h5-7,9-10H,4,8H2,1-3H3. The number of ketones is 1. The molecule has 14 heavy (non-hydrogen) atoms. The third-order valence-electron chi connectivity index (χ3n) is 2.67. The highest BCUT2D eigenvalue weighted by molar-refractivity contribution is 5.89. The van der Waals surface area contributed by atoms with Crippen LogP contribution in [0.2, 0.25) is 0 Å². The van der Waals surface area contributed by atoms with E-state index >= 15 is 0 Å². The van der Waals surface area contributed by atoms with Crippen LogP contribution in [-0.2, 0) is 10.2 Å². The first-order valence-electron chi connectivity index (χ1n) is 5.18. The van der Waals surface area contributed by atoms with Crippen LogP contribution in [0.25, 0.3) is 0 Å². The minimum absolute atomic E-state index is 0.325. The Balaban J connectivity index is 2.90. The fraction of sp³-hybridized carbons (Fsp3) is 0.462. The average Bonchev–Trinajstić information content (AvgIpc) is 2.19. The second-order valence-corrected chi connectivity index (χ2v) is 4.16. The van der Waals surface area contributed by atoms with Crippen molar-refractivity contribution in [1.29, 1.82) is 0 Å². The van der Waals surface area contributed by atoms with E-state index in [-0.39, 0.29) is 5.41 Å². The van der Waals surface area contributed by atoms with Crippen LogP contribution in [0.3, 0.4) is 0 Å². The van der Waals surface area contributed by atoms with Gasteiger partial charge in [0, 0.05) is 11.8 Å². The van der Waals surface area contributed by atoms with Crippen LogP contribution in [0, 0.1) is 0 Å². The van der Waals surface area contributed by atoms with E-state index in [1.165, 1.54) is 0 Å². The van der Waals surface area contributed by atoms with Crippen LogP contribution in [-0.4, -0.2) is 5.78 Å². The van der Waals surface area contributed by atoms with Crippen LogP contribution < -0.4 is 0 Å². The molecule has 0 atom stereocenters. The molecule has 0 bridgehead atoms. The van der Waals surface area contributed by atoms with Crippen molar-refractivity contribution in [2.75, 3.05) is 0 Å². The number of carbonyl (C=O) groups is 1. The fourth-order valence-electron chi connectivity index (χ4n) is 1.56. The Morgan fingerprint density at radius 1 is 1.21 bits per heavy atom. The molecule has 1 aromatic rings. The van der Waals surface area contributed by atoms with Gasteiger partial charge in [0.25, 0.3) is 0 Å². The predicted molar refractivity (Wildman–Crippen MR) is 59.4 cm³/mol. The Hall–Kier alpha value is -1.11. The van der Waals surface area contributed by atoms with Gasteiger partial charge in [-0.15, -0.1) is 0 Å². The number of Topliss-reactive ketones (excluding diaryl/α,β-unsaturated/α-hetero) is 1. The topological polar surface area (TPSA) is 17.1 Å². The fourth-order valence-corrected chi connectivity index (χ4v) is 1.56. The van der Waals surface area contributed by atoms with Crippen molar-refractivity contribution < 1.29 is 4.79 Å². The summed E-state index contributed by atoms with van der Waals surface area (Å²) in [5, 5.41) is 0. The maximum atomic E-state index is 11.9. The molecule has 0 amide bonds. The molecule has 0 aliphatic carbocycles. The lowest BCUT2D eigenvalue weighted by Gasteiger charge is -2.23. The molecule has 0 spiro atoms. The van der Waals surface area contributed by atoms with Gasteiger partial charge in [0.15, 0.2) is 0 Å². The molecule has 0 aliphatic rings. The number of hydrogen-bond acceptors (Lipinski definition) is 1. The monoisotopic (exact) mass is 190 g/mol. The Kier molecular flexibility index (Phi) is 3.45. The molecule has 1 nitrogen and oxygen atoms in total. The highest BCUT2D eigenvalue weighted by Crippen LogP contribution is 2.25. The van der Waals surface area contributed by atoms with Gasteiger partial charge in [-0.05, 0) is 25.8 Å². The smallest absolute Gasteiger partial charge is 0.142 e. The first-order valence-corrected chi connectivity index (χ1v) is 5.18. The van der Waals surface area contributed by atoms with Crippen LogP contribution in [0.4, 0.5) is 0 Å². The van der Waals surface area contributed by atoms with Crippen molar-refractivity contribution in [2.24, 2.45) is 0 Å². The summed E-state index contributed by atoms with van der Waals surface area (Å²) < 4.78 is 0. The summed E-state index contributed by atoms with van der Waals surface area (Å²) in [6.45, 7) is 6.04. The first kappa shape index (κ1) is 11.0. The van der Waals surface area contributed by atoms with Crippen LogP contribution in [0.5, 0.6) is 0 Å². The van der Waals surface area contributed by atoms with Gasteiger partial charge in [-0.1, -0.05) is 37.3 Å². The second kappa shape index (κ2) is 4.41. The Bertz CT molecular complexity index is 298. The van der Waals surface area contributed by atoms with E-state index in [0.717, 1.165) is 12.0 Å². The minimum Gasteiger partial charge on any atom is -0.299 e. The number of benzene rings is 1. The van der Waals surface area contributed by atoms with Gasteiger partial charge in [0.2, 0.25) is 0 Å². The molecule has 0 saturated heterocycles. The highest BCUT2D eigenvalue weighted by atomic mass is 16.1. The van der Waals surface area contributed by atoms with Gasteiger partial charge in [0.1, 0.15) is 5.78 Å². The zero-order valence-corrected chi connectivity index (χ0v) is 9.21. The molecule has 1 heteroatoms. The van der Waals surface area contributed by atoms with Crippen molar-refractivity contribution in [2.45, 2.75) is 39.0 Å². The average molecular weight is 190 g/mol. The van der Waals surface area contributed by atoms with Gasteiger partial charge in [-0.3, -0.25) is 4.79 Å². The quantitative estimate of drug-likeness (QED) is 0.711. The maximum absolute atomic E-state index is 11.9. The summed E-state index contributed by atoms with van der Waals surface area (Å²) in [5.41, 5.74) is 0.774. The summed E-state index contributed by atoms with van der Waals surface area (Å²) in [6, 6.07) is 9.98. The number of hydrogen-bond donors (Lipinski definition) is 0. The third kappa shape index (κ3) is 2.22. The van der Waals surface area contributed by atoms with Gasteiger partial charge in [-0.25, -0.2) is 0 Å². The molecule has 1 aromatic carbocycles. The summed E-state index contributed by atoms with van der Waals surface area (Å²) in [5.74, 6) is 0.325. The first-order chi connectivity index (χ1) is 6.59. The highest BCUT2D eigenvalue weighted by Gasteiger charge is 2.27. The molecule has 76 valence electrons. The molecule has 0 aromatic heterocycles. The van der Waals surface area contributed by atoms with E-state index < -0.39 is 0 Å². The van der Waals surface area contributed by atoms with Crippen molar-refractivity contribution in [3.63, 3.8) is 0 Å². The summed E-state index contributed by atoms with van der Waals surface area (Å²) >= 11 is 0. The number of rotatable bonds is 4. The van der Waals surface area contributed by atoms with Crippen molar-refractivity contribution in [3.8, 4) is 0 Å². The largest absolute Gasteiger partial charge is 0.299 e. The zero-order chi connectivity index (χ0) is 10.6.